The Morgan fingerprint density at radius 1 is 1.06 bits per heavy atom. The number of aliphatic hydroxyl groups is 1. The van der Waals surface area contributed by atoms with Crippen molar-refractivity contribution in [2.75, 3.05) is 13.1 Å². The number of nitrogens with zero attached hydrogens (tertiary/aromatic N) is 3. The Balaban J connectivity index is 1.32. The number of hydrogen-bond acceptors (Lipinski definition) is 4. The molecule has 1 saturated heterocycles. The molecule has 2 aromatic carbocycles. The second-order valence-electron chi connectivity index (χ2n) is 8.15. The maximum Gasteiger partial charge on any atom is 0.264 e. The number of thiophene rings is 1. The predicted molar refractivity (Wildman–Crippen MR) is 124 cm³/mol. The normalized spacial score (nSPS) is 16.0. The van der Waals surface area contributed by atoms with E-state index >= 15 is 0 Å². The number of aryl methyl sites for hydroxylation is 1. The Labute approximate surface area is 185 Å². The van der Waals surface area contributed by atoms with E-state index in [2.05, 4.69) is 5.10 Å². The van der Waals surface area contributed by atoms with Crippen LogP contribution < -0.4 is 0 Å². The number of para-hydroxylation sites is 1. The third-order valence-corrected chi connectivity index (χ3v) is 7.27. The van der Waals surface area contributed by atoms with Crippen LogP contribution in [0.5, 0.6) is 0 Å². The summed E-state index contributed by atoms with van der Waals surface area (Å²) in [5.74, 6) is 0.260. The Morgan fingerprint density at radius 3 is 2.39 bits per heavy atom. The van der Waals surface area contributed by atoms with Crippen LogP contribution in [0, 0.1) is 12.8 Å². The molecule has 1 atom stereocenters. The topological polar surface area (TPSA) is 58.4 Å². The Bertz CT molecular complexity index is 1190. The second-order valence-corrected chi connectivity index (χ2v) is 9.18. The third kappa shape index (κ3) is 3.77. The van der Waals surface area contributed by atoms with E-state index in [1.807, 2.05) is 83.2 Å². The maximum atomic E-state index is 13.2. The maximum absolute atomic E-state index is 13.2. The van der Waals surface area contributed by atoms with Gasteiger partial charge in [-0.25, -0.2) is 4.68 Å². The van der Waals surface area contributed by atoms with E-state index in [0.29, 0.717) is 13.1 Å². The molecular weight excluding hydrogens is 406 g/mol. The van der Waals surface area contributed by atoms with Gasteiger partial charge in [0.15, 0.2) is 0 Å². The smallest absolute Gasteiger partial charge is 0.264 e. The molecule has 0 radical (unpaired) electrons. The van der Waals surface area contributed by atoms with Crippen molar-refractivity contribution in [2.45, 2.75) is 25.9 Å². The molecule has 0 spiro atoms. The van der Waals surface area contributed by atoms with E-state index in [1.165, 1.54) is 11.3 Å². The number of carbonyl (C=O) groups excluding carboxylic acids is 1. The molecule has 1 N–H and O–H groups in total. The van der Waals surface area contributed by atoms with Gasteiger partial charge in [0.05, 0.1) is 22.4 Å². The van der Waals surface area contributed by atoms with Crippen molar-refractivity contribution in [3.8, 4) is 5.69 Å². The SMILES string of the molecule is Cc1nn(-c2ccccc2)c2sc(C(=O)N3CCC(C(O)c4ccccc4)CC3)cc12. The first-order valence-electron chi connectivity index (χ1n) is 10.7. The highest BCUT2D eigenvalue weighted by Gasteiger charge is 2.29. The van der Waals surface area contributed by atoms with Gasteiger partial charge in [0.2, 0.25) is 0 Å². The van der Waals surface area contributed by atoms with Crippen LogP contribution in [0.2, 0.25) is 0 Å². The van der Waals surface area contributed by atoms with Crippen molar-refractivity contribution in [1.29, 1.82) is 0 Å². The van der Waals surface area contributed by atoms with Gasteiger partial charge in [-0.1, -0.05) is 48.5 Å². The molecule has 1 aliphatic heterocycles. The number of amides is 1. The van der Waals surface area contributed by atoms with Gasteiger partial charge in [-0.05, 0) is 49.4 Å². The lowest BCUT2D eigenvalue weighted by Crippen LogP contribution is -2.39. The van der Waals surface area contributed by atoms with Gasteiger partial charge in [-0.3, -0.25) is 4.79 Å². The lowest BCUT2D eigenvalue weighted by atomic mass is 9.87. The van der Waals surface area contributed by atoms with E-state index in [0.717, 1.165) is 44.9 Å². The number of fused-ring (bicyclic) bond motifs is 1. The standard InChI is InChI=1S/C25H25N3O2S/c1-17-21-16-22(31-25(21)28(26-17)20-10-6-3-7-11-20)24(30)27-14-12-19(13-15-27)23(29)18-8-4-2-5-9-18/h2-11,16,19,23,29H,12-15H2,1H3. The van der Waals surface area contributed by atoms with Crippen LogP contribution in [0.4, 0.5) is 0 Å². The van der Waals surface area contributed by atoms with Crippen LogP contribution in [0.15, 0.2) is 66.7 Å². The summed E-state index contributed by atoms with van der Waals surface area (Å²) >= 11 is 1.51. The molecule has 31 heavy (non-hydrogen) atoms. The fourth-order valence-electron chi connectivity index (χ4n) is 4.39. The summed E-state index contributed by atoms with van der Waals surface area (Å²) < 4.78 is 1.93. The zero-order valence-corrected chi connectivity index (χ0v) is 18.3. The molecule has 0 saturated carbocycles. The first-order chi connectivity index (χ1) is 15.1. The molecule has 3 heterocycles. The average molecular weight is 432 g/mol. The number of carbonyl (C=O) groups is 1. The summed E-state index contributed by atoms with van der Waals surface area (Å²) in [6, 6.07) is 21.8. The zero-order chi connectivity index (χ0) is 21.4. The number of likely N-dealkylation sites (tertiary alicyclic amines) is 1. The van der Waals surface area contributed by atoms with Crippen LogP contribution in [0.3, 0.4) is 0 Å². The first kappa shape index (κ1) is 20.0. The minimum absolute atomic E-state index is 0.0767. The highest BCUT2D eigenvalue weighted by Crippen LogP contribution is 2.34. The monoisotopic (exact) mass is 431 g/mol. The van der Waals surface area contributed by atoms with Gasteiger partial charge >= 0.3 is 0 Å². The van der Waals surface area contributed by atoms with E-state index in [-0.39, 0.29) is 11.8 Å². The molecule has 1 aliphatic rings. The van der Waals surface area contributed by atoms with Crippen LogP contribution in [0.1, 0.15) is 39.9 Å². The molecule has 1 unspecified atom stereocenters. The summed E-state index contributed by atoms with van der Waals surface area (Å²) in [5.41, 5.74) is 2.88. The van der Waals surface area contributed by atoms with Crippen molar-refractivity contribution < 1.29 is 9.90 Å². The van der Waals surface area contributed by atoms with Crippen LogP contribution in [-0.4, -0.2) is 38.8 Å². The van der Waals surface area contributed by atoms with E-state index in [9.17, 15) is 9.90 Å². The van der Waals surface area contributed by atoms with Crippen molar-refractivity contribution >= 4 is 27.5 Å². The van der Waals surface area contributed by atoms with Crippen LogP contribution in [0.25, 0.3) is 15.9 Å². The summed E-state index contributed by atoms with van der Waals surface area (Å²) in [4.78, 5) is 16.9. The average Bonchev–Trinajstić information content (AvgIpc) is 3.40. The first-order valence-corrected chi connectivity index (χ1v) is 11.5. The number of aromatic nitrogens is 2. The van der Waals surface area contributed by atoms with Gasteiger partial charge in [0.1, 0.15) is 4.83 Å². The molecule has 5 rings (SSSR count). The molecule has 1 fully saturated rings. The molecule has 158 valence electrons. The largest absolute Gasteiger partial charge is 0.388 e. The fraction of sp³-hybridized carbons (Fsp3) is 0.280. The summed E-state index contributed by atoms with van der Waals surface area (Å²) in [6.07, 6.45) is 1.15. The van der Waals surface area contributed by atoms with Gasteiger partial charge in [-0.15, -0.1) is 11.3 Å². The molecule has 0 aliphatic carbocycles. The van der Waals surface area contributed by atoms with Gasteiger partial charge in [-0.2, -0.15) is 5.10 Å². The number of hydrogen-bond donors (Lipinski definition) is 1. The zero-order valence-electron chi connectivity index (χ0n) is 17.4. The second kappa shape index (κ2) is 8.29. The molecule has 2 aromatic heterocycles. The minimum atomic E-state index is -0.470. The Hall–Kier alpha value is -2.96. The van der Waals surface area contributed by atoms with Crippen LogP contribution in [-0.2, 0) is 0 Å². The lowest BCUT2D eigenvalue weighted by molar-refractivity contribution is 0.0465. The van der Waals surface area contributed by atoms with Gasteiger partial charge in [0, 0.05) is 18.5 Å². The van der Waals surface area contributed by atoms with Crippen molar-refractivity contribution in [3.63, 3.8) is 0 Å². The highest BCUT2D eigenvalue weighted by atomic mass is 32.1. The van der Waals surface area contributed by atoms with E-state index < -0.39 is 6.10 Å². The van der Waals surface area contributed by atoms with Crippen molar-refractivity contribution in [2.24, 2.45) is 5.92 Å². The lowest BCUT2D eigenvalue weighted by Gasteiger charge is -2.34. The van der Waals surface area contributed by atoms with E-state index in [1.54, 1.807) is 0 Å². The van der Waals surface area contributed by atoms with Crippen molar-refractivity contribution in [1.82, 2.24) is 14.7 Å². The number of piperidine rings is 1. The predicted octanol–water partition coefficient (Wildman–Crippen LogP) is 4.98. The number of aliphatic hydroxyl groups excluding tert-OH is 1. The quantitative estimate of drug-likeness (QED) is 0.496. The summed E-state index contributed by atoms with van der Waals surface area (Å²) in [7, 11) is 0. The molecular formula is C25H25N3O2S. The molecule has 1 amide bonds. The van der Waals surface area contributed by atoms with Gasteiger partial charge < -0.3 is 10.0 Å². The van der Waals surface area contributed by atoms with Crippen LogP contribution >= 0.6 is 11.3 Å². The molecule has 4 aromatic rings. The molecule has 5 nitrogen and oxygen atoms in total. The van der Waals surface area contributed by atoms with Gasteiger partial charge in [0.25, 0.3) is 5.91 Å². The fourth-order valence-corrected chi connectivity index (χ4v) is 5.54. The van der Waals surface area contributed by atoms with Crippen molar-refractivity contribution in [3.05, 3.63) is 82.9 Å². The Kier molecular flexibility index (Phi) is 5.34. The highest BCUT2D eigenvalue weighted by molar-refractivity contribution is 7.20. The Morgan fingerprint density at radius 2 is 1.71 bits per heavy atom. The number of benzene rings is 2. The third-order valence-electron chi connectivity index (χ3n) is 6.17. The summed E-state index contributed by atoms with van der Waals surface area (Å²) in [6.45, 7) is 3.33. The van der Waals surface area contributed by atoms with E-state index in [4.69, 9.17) is 0 Å². The molecule has 6 heteroatoms. The number of rotatable bonds is 4. The summed E-state index contributed by atoms with van der Waals surface area (Å²) in [5, 5.41) is 16.4. The molecule has 0 bridgehead atoms. The minimum Gasteiger partial charge on any atom is -0.388 e.